The third-order valence-corrected chi connectivity index (χ3v) is 6.20. The summed E-state index contributed by atoms with van der Waals surface area (Å²) in [5, 5.41) is 2.96. The lowest BCUT2D eigenvalue weighted by atomic mass is 10.0. The van der Waals surface area contributed by atoms with Crippen molar-refractivity contribution in [3.05, 3.63) is 65.6 Å². The Morgan fingerprint density at radius 1 is 1.21 bits per heavy atom. The summed E-state index contributed by atoms with van der Waals surface area (Å²) in [6, 6.07) is 14.2. The minimum absolute atomic E-state index is 0.121. The van der Waals surface area contributed by atoms with Gasteiger partial charge in [-0.05, 0) is 45.1 Å². The average Bonchev–Trinajstić information content (AvgIpc) is 3.40. The van der Waals surface area contributed by atoms with E-state index in [1.54, 1.807) is 17.6 Å². The topological polar surface area (TPSA) is 49.6 Å². The summed E-state index contributed by atoms with van der Waals surface area (Å²) in [6.45, 7) is 2.55. The second kappa shape index (κ2) is 8.71. The first-order valence-electron chi connectivity index (χ1n) is 9.69. The Kier molecular flexibility index (Phi) is 5.88. The van der Waals surface area contributed by atoms with Crippen molar-refractivity contribution in [1.29, 1.82) is 0 Å². The number of aromatic nitrogens is 1. The molecule has 0 saturated carbocycles. The molecule has 1 saturated heterocycles. The van der Waals surface area contributed by atoms with E-state index in [1.807, 2.05) is 52.7 Å². The maximum absolute atomic E-state index is 13.2. The first kappa shape index (κ1) is 18.9. The van der Waals surface area contributed by atoms with E-state index < -0.39 is 0 Å². The van der Waals surface area contributed by atoms with E-state index in [2.05, 4.69) is 11.9 Å². The molecule has 28 heavy (non-hydrogen) atoms. The first-order valence-corrected chi connectivity index (χ1v) is 10.6. The standard InChI is InChI=1S/C22H25N3O2S/c1-24-11-9-19(10-12-24)25(15-20-8-5-13-27-20)21(26)14-18-16-28-22(23-18)17-6-3-2-4-7-17/h2-8,13,16,19H,9-12,14-15H2,1H3. The SMILES string of the molecule is CN1CCC(N(Cc2ccco2)C(=O)Cc2csc(-c3ccccc3)n2)CC1. The van der Waals surface area contributed by atoms with Gasteiger partial charge in [-0.2, -0.15) is 0 Å². The number of hydrogen-bond acceptors (Lipinski definition) is 5. The average molecular weight is 396 g/mol. The summed E-state index contributed by atoms with van der Waals surface area (Å²) < 4.78 is 5.52. The number of benzene rings is 1. The molecule has 3 heterocycles. The number of piperidine rings is 1. The van der Waals surface area contributed by atoms with Gasteiger partial charge in [0.05, 0.1) is 24.9 Å². The van der Waals surface area contributed by atoms with E-state index in [4.69, 9.17) is 9.40 Å². The molecule has 4 rings (SSSR count). The third kappa shape index (κ3) is 4.51. The number of furan rings is 1. The first-order chi connectivity index (χ1) is 13.7. The molecule has 3 aromatic rings. The highest BCUT2D eigenvalue weighted by Crippen LogP contribution is 2.25. The fourth-order valence-electron chi connectivity index (χ4n) is 3.66. The molecule has 0 unspecified atom stereocenters. The molecule has 1 aliphatic heterocycles. The minimum Gasteiger partial charge on any atom is -0.467 e. The largest absolute Gasteiger partial charge is 0.467 e. The maximum Gasteiger partial charge on any atom is 0.229 e. The van der Waals surface area contributed by atoms with E-state index in [0.717, 1.165) is 48.0 Å². The summed E-state index contributed by atoms with van der Waals surface area (Å²) in [7, 11) is 2.13. The molecule has 1 fully saturated rings. The van der Waals surface area contributed by atoms with E-state index in [-0.39, 0.29) is 11.9 Å². The van der Waals surface area contributed by atoms with Gasteiger partial charge in [-0.3, -0.25) is 4.79 Å². The number of hydrogen-bond donors (Lipinski definition) is 0. The molecule has 0 spiro atoms. The molecule has 0 N–H and O–H groups in total. The van der Waals surface area contributed by atoms with Crippen LogP contribution < -0.4 is 0 Å². The second-order valence-corrected chi connectivity index (χ2v) is 8.18. The Balaban J connectivity index is 1.48. The van der Waals surface area contributed by atoms with E-state index in [1.165, 1.54) is 0 Å². The van der Waals surface area contributed by atoms with E-state index >= 15 is 0 Å². The van der Waals surface area contributed by atoms with Crippen molar-refractivity contribution in [2.45, 2.75) is 31.8 Å². The molecule has 0 bridgehead atoms. The number of likely N-dealkylation sites (tertiary alicyclic amines) is 1. The molecular formula is C22H25N3O2S. The van der Waals surface area contributed by atoms with E-state index in [0.29, 0.717) is 13.0 Å². The smallest absolute Gasteiger partial charge is 0.229 e. The fourth-order valence-corrected chi connectivity index (χ4v) is 4.48. The maximum atomic E-state index is 13.2. The van der Waals surface area contributed by atoms with Gasteiger partial charge in [0.1, 0.15) is 10.8 Å². The van der Waals surface area contributed by atoms with Crippen LogP contribution in [0.2, 0.25) is 0 Å². The van der Waals surface area contributed by atoms with Crippen molar-refractivity contribution in [2.24, 2.45) is 0 Å². The van der Waals surface area contributed by atoms with Crippen LogP contribution >= 0.6 is 11.3 Å². The van der Waals surface area contributed by atoms with Crippen molar-refractivity contribution in [3.8, 4) is 10.6 Å². The van der Waals surface area contributed by atoms with Gasteiger partial charge in [0, 0.05) is 17.0 Å². The molecule has 146 valence electrons. The zero-order valence-corrected chi connectivity index (χ0v) is 16.9. The van der Waals surface area contributed by atoms with Gasteiger partial charge in [0.15, 0.2) is 0 Å². The van der Waals surface area contributed by atoms with Crippen LogP contribution in [0.5, 0.6) is 0 Å². The number of thiazole rings is 1. The Hall–Kier alpha value is -2.44. The third-order valence-electron chi connectivity index (χ3n) is 5.26. The Labute approximate surface area is 169 Å². The quantitative estimate of drug-likeness (QED) is 0.631. The van der Waals surface area contributed by atoms with Crippen molar-refractivity contribution >= 4 is 17.2 Å². The lowest BCUT2D eigenvalue weighted by molar-refractivity contribution is -0.134. The predicted octanol–water partition coefficient (Wildman–Crippen LogP) is 4.07. The summed E-state index contributed by atoms with van der Waals surface area (Å²) in [5.41, 5.74) is 1.93. The van der Waals surface area contributed by atoms with Crippen LogP contribution in [0.15, 0.2) is 58.5 Å². The van der Waals surface area contributed by atoms with Crippen LogP contribution in [0.1, 0.15) is 24.3 Å². The highest BCUT2D eigenvalue weighted by molar-refractivity contribution is 7.13. The number of rotatable bonds is 6. The predicted molar refractivity (Wildman–Crippen MR) is 111 cm³/mol. The summed E-state index contributed by atoms with van der Waals surface area (Å²) in [5.74, 6) is 0.950. The lowest BCUT2D eigenvalue weighted by Crippen LogP contribution is -2.46. The number of amides is 1. The Morgan fingerprint density at radius 3 is 2.71 bits per heavy atom. The molecule has 0 aliphatic carbocycles. The second-order valence-electron chi connectivity index (χ2n) is 7.32. The van der Waals surface area contributed by atoms with Gasteiger partial charge in [0.25, 0.3) is 0 Å². The van der Waals surface area contributed by atoms with Crippen LogP contribution in [0.25, 0.3) is 10.6 Å². The van der Waals surface area contributed by atoms with Gasteiger partial charge in [0.2, 0.25) is 5.91 Å². The lowest BCUT2D eigenvalue weighted by Gasteiger charge is -2.37. The minimum atomic E-state index is 0.121. The molecular weight excluding hydrogens is 370 g/mol. The number of carbonyl (C=O) groups is 1. The normalized spacial score (nSPS) is 15.6. The van der Waals surface area contributed by atoms with Crippen LogP contribution in [0.3, 0.4) is 0 Å². The van der Waals surface area contributed by atoms with Crippen LogP contribution in [0.4, 0.5) is 0 Å². The molecule has 6 heteroatoms. The molecule has 0 radical (unpaired) electrons. The number of nitrogens with zero attached hydrogens (tertiary/aromatic N) is 3. The molecule has 2 aromatic heterocycles. The van der Waals surface area contributed by atoms with Gasteiger partial charge in [-0.1, -0.05) is 30.3 Å². The molecule has 1 amide bonds. The summed E-state index contributed by atoms with van der Waals surface area (Å²) >= 11 is 1.59. The van der Waals surface area contributed by atoms with Crippen molar-refractivity contribution in [2.75, 3.05) is 20.1 Å². The zero-order valence-electron chi connectivity index (χ0n) is 16.1. The van der Waals surface area contributed by atoms with Crippen LogP contribution in [-0.4, -0.2) is 46.9 Å². The highest BCUT2D eigenvalue weighted by Gasteiger charge is 2.28. The van der Waals surface area contributed by atoms with Gasteiger partial charge >= 0.3 is 0 Å². The van der Waals surface area contributed by atoms with E-state index in [9.17, 15) is 4.79 Å². The van der Waals surface area contributed by atoms with Crippen LogP contribution in [-0.2, 0) is 17.8 Å². The highest BCUT2D eigenvalue weighted by atomic mass is 32.1. The van der Waals surface area contributed by atoms with Gasteiger partial charge < -0.3 is 14.2 Å². The van der Waals surface area contributed by atoms with Crippen LogP contribution in [0, 0.1) is 0 Å². The molecule has 0 atom stereocenters. The molecule has 1 aromatic carbocycles. The summed E-state index contributed by atoms with van der Waals surface area (Å²) in [4.78, 5) is 22.2. The van der Waals surface area contributed by atoms with Crippen molar-refractivity contribution in [3.63, 3.8) is 0 Å². The fraction of sp³-hybridized carbons (Fsp3) is 0.364. The van der Waals surface area contributed by atoms with Gasteiger partial charge in [-0.25, -0.2) is 4.98 Å². The molecule has 1 aliphatic rings. The van der Waals surface area contributed by atoms with Gasteiger partial charge in [-0.15, -0.1) is 11.3 Å². The number of carbonyl (C=O) groups excluding carboxylic acids is 1. The molecule has 5 nitrogen and oxygen atoms in total. The Morgan fingerprint density at radius 2 is 2.00 bits per heavy atom. The zero-order chi connectivity index (χ0) is 19.3. The van der Waals surface area contributed by atoms with Crippen molar-refractivity contribution < 1.29 is 9.21 Å². The summed E-state index contributed by atoms with van der Waals surface area (Å²) in [6.07, 6.45) is 3.99. The van der Waals surface area contributed by atoms with Crippen molar-refractivity contribution in [1.82, 2.24) is 14.8 Å². The monoisotopic (exact) mass is 395 g/mol. The Bertz CT molecular complexity index is 884.